The highest BCUT2D eigenvalue weighted by molar-refractivity contribution is 5.63. The molecule has 0 radical (unpaired) electrons. The Balaban J connectivity index is 1.73. The molecule has 0 saturated heterocycles. The summed E-state index contributed by atoms with van der Waals surface area (Å²) in [5, 5.41) is 3.02. The van der Waals surface area contributed by atoms with Crippen molar-refractivity contribution < 1.29 is 4.57 Å². The Hall–Kier alpha value is -2.17. The standard InChI is InChI=1S/C14H17N4O/c1-16-6-7-17(11-16)8-9-18-5-4-12-2-3-13(15-19)10-14(12)18/h2-3,6-7,10-11H,4-5,8-9H2,1H3/q+1. The molecular formula is C14H17N4O+. The molecule has 0 unspecified atom stereocenters. The Morgan fingerprint density at radius 3 is 3.00 bits per heavy atom. The molecule has 0 N–H and O–H groups in total. The number of hydrogen-bond donors (Lipinski definition) is 0. The Morgan fingerprint density at radius 1 is 1.37 bits per heavy atom. The largest absolute Gasteiger partial charge is 0.367 e. The van der Waals surface area contributed by atoms with Crippen LogP contribution in [0.3, 0.4) is 0 Å². The van der Waals surface area contributed by atoms with Crippen molar-refractivity contribution >= 4 is 11.4 Å². The summed E-state index contributed by atoms with van der Waals surface area (Å²) in [6, 6.07) is 5.70. The molecule has 1 aromatic carbocycles. The third-order valence-electron chi connectivity index (χ3n) is 3.62. The number of imidazole rings is 1. The van der Waals surface area contributed by atoms with Gasteiger partial charge in [0.05, 0.1) is 13.6 Å². The Kier molecular flexibility index (Phi) is 3.03. The van der Waals surface area contributed by atoms with Crippen molar-refractivity contribution in [2.24, 2.45) is 12.2 Å². The van der Waals surface area contributed by atoms with E-state index in [0.717, 1.165) is 31.7 Å². The molecule has 0 saturated carbocycles. The highest BCUT2D eigenvalue weighted by Crippen LogP contribution is 2.31. The molecule has 1 aromatic heterocycles. The normalized spacial score (nSPS) is 13.6. The Labute approximate surface area is 112 Å². The van der Waals surface area contributed by atoms with Gasteiger partial charge in [0.1, 0.15) is 24.6 Å². The third kappa shape index (κ3) is 2.36. The zero-order valence-electron chi connectivity index (χ0n) is 11.0. The monoisotopic (exact) mass is 257 g/mol. The lowest BCUT2D eigenvalue weighted by Crippen LogP contribution is -2.27. The fourth-order valence-corrected chi connectivity index (χ4v) is 2.59. The first-order chi connectivity index (χ1) is 9.26. The van der Waals surface area contributed by atoms with Gasteiger partial charge in [-0.2, -0.15) is 0 Å². The van der Waals surface area contributed by atoms with Crippen molar-refractivity contribution in [2.75, 3.05) is 18.0 Å². The summed E-state index contributed by atoms with van der Waals surface area (Å²) in [5.41, 5.74) is 2.98. The quantitative estimate of drug-likeness (QED) is 0.619. The maximum atomic E-state index is 10.6. The number of nitrogens with zero attached hydrogens (tertiary/aromatic N) is 4. The number of rotatable bonds is 4. The maximum absolute atomic E-state index is 10.6. The molecule has 2 heterocycles. The summed E-state index contributed by atoms with van der Waals surface area (Å²) in [7, 11) is 2.02. The van der Waals surface area contributed by atoms with Gasteiger partial charge in [-0.3, -0.25) is 0 Å². The van der Waals surface area contributed by atoms with E-state index < -0.39 is 0 Å². The summed E-state index contributed by atoms with van der Waals surface area (Å²) >= 11 is 0. The van der Waals surface area contributed by atoms with E-state index in [1.54, 1.807) is 6.07 Å². The Morgan fingerprint density at radius 2 is 2.26 bits per heavy atom. The molecule has 2 aromatic rings. The molecule has 0 amide bonds. The maximum Gasteiger partial charge on any atom is 0.243 e. The van der Waals surface area contributed by atoms with Gasteiger partial charge in [0.15, 0.2) is 0 Å². The average molecular weight is 257 g/mol. The number of hydrogen-bond acceptors (Lipinski definition) is 3. The Bertz CT molecular complexity index is 605. The van der Waals surface area contributed by atoms with E-state index in [1.807, 2.05) is 29.9 Å². The molecule has 0 spiro atoms. The highest BCUT2D eigenvalue weighted by Gasteiger charge is 2.19. The first-order valence-corrected chi connectivity index (χ1v) is 6.48. The minimum atomic E-state index is 0.512. The van der Waals surface area contributed by atoms with E-state index in [0.29, 0.717) is 5.69 Å². The summed E-state index contributed by atoms with van der Waals surface area (Å²) in [5.74, 6) is 0. The van der Waals surface area contributed by atoms with Crippen molar-refractivity contribution in [3.63, 3.8) is 0 Å². The van der Waals surface area contributed by atoms with E-state index in [4.69, 9.17) is 0 Å². The van der Waals surface area contributed by atoms with Crippen LogP contribution in [0.5, 0.6) is 0 Å². The summed E-state index contributed by atoms with van der Waals surface area (Å²) in [6.45, 7) is 2.91. The van der Waals surface area contributed by atoms with Crippen molar-refractivity contribution in [3.05, 3.63) is 47.4 Å². The van der Waals surface area contributed by atoms with Crippen molar-refractivity contribution in [3.8, 4) is 0 Å². The van der Waals surface area contributed by atoms with Crippen LogP contribution in [0.2, 0.25) is 0 Å². The number of aryl methyl sites for hydroxylation is 1. The van der Waals surface area contributed by atoms with Crippen LogP contribution in [-0.4, -0.2) is 17.7 Å². The minimum absolute atomic E-state index is 0.512. The molecule has 5 heteroatoms. The van der Waals surface area contributed by atoms with Crippen LogP contribution in [0.25, 0.3) is 0 Å². The van der Waals surface area contributed by atoms with Gasteiger partial charge in [0.2, 0.25) is 6.33 Å². The molecule has 0 fully saturated rings. The van der Waals surface area contributed by atoms with Gasteiger partial charge in [-0.15, -0.1) is 4.91 Å². The van der Waals surface area contributed by atoms with Gasteiger partial charge >= 0.3 is 0 Å². The van der Waals surface area contributed by atoms with Crippen LogP contribution >= 0.6 is 0 Å². The molecule has 0 aliphatic carbocycles. The minimum Gasteiger partial charge on any atom is -0.367 e. The lowest BCUT2D eigenvalue weighted by atomic mass is 10.1. The summed E-state index contributed by atoms with van der Waals surface area (Å²) in [4.78, 5) is 12.9. The zero-order valence-corrected chi connectivity index (χ0v) is 11.0. The smallest absolute Gasteiger partial charge is 0.243 e. The molecule has 1 aliphatic rings. The molecule has 5 nitrogen and oxygen atoms in total. The van der Waals surface area contributed by atoms with Gasteiger partial charge in [0.25, 0.3) is 0 Å². The predicted molar refractivity (Wildman–Crippen MR) is 73.4 cm³/mol. The number of anilines is 1. The number of nitroso groups, excluding NO2 is 1. The second-order valence-corrected chi connectivity index (χ2v) is 4.96. The van der Waals surface area contributed by atoms with Gasteiger partial charge in [0, 0.05) is 12.2 Å². The van der Waals surface area contributed by atoms with Crippen LogP contribution in [0.1, 0.15) is 5.56 Å². The SMILES string of the molecule is C[n+]1ccn(CCN2CCc3ccc(N=O)cc32)c1. The van der Waals surface area contributed by atoms with Crippen LogP contribution in [0.4, 0.5) is 11.4 Å². The van der Waals surface area contributed by atoms with Crippen LogP contribution in [-0.2, 0) is 20.0 Å². The van der Waals surface area contributed by atoms with Crippen molar-refractivity contribution in [1.82, 2.24) is 4.57 Å². The lowest BCUT2D eigenvalue weighted by Gasteiger charge is -2.18. The van der Waals surface area contributed by atoms with Crippen LogP contribution in [0.15, 0.2) is 42.1 Å². The number of benzene rings is 1. The van der Waals surface area contributed by atoms with Crippen molar-refractivity contribution in [2.45, 2.75) is 13.0 Å². The van der Waals surface area contributed by atoms with E-state index in [-0.39, 0.29) is 0 Å². The van der Waals surface area contributed by atoms with Crippen LogP contribution in [0, 0.1) is 4.91 Å². The van der Waals surface area contributed by atoms with Crippen molar-refractivity contribution in [1.29, 1.82) is 0 Å². The summed E-state index contributed by atoms with van der Waals surface area (Å²) in [6.07, 6.45) is 7.22. The second kappa shape index (κ2) is 4.84. The predicted octanol–water partition coefficient (Wildman–Crippen LogP) is 1.77. The number of fused-ring (bicyclic) bond motifs is 1. The third-order valence-corrected chi connectivity index (χ3v) is 3.62. The van der Waals surface area contributed by atoms with Crippen LogP contribution < -0.4 is 9.47 Å². The van der Waals surface area contributed by atoms with Gasteiger partial charge in [-0.1, -0.05) is 6.07 Å². The molecule has 98 valence electrons. The van der Waals surface area contributed by atoms with Gasteiger partial charge in [-0.05, 0) is 29.3 Å². The fourth-order valence-electron chi connectivity index (χ4n) is 2.59. The van der Waals surface area contributed by atoms with E-state index in [1.165, 1.54) is 5.56 Å². The van der Waals surface area contributed by atoms with Gasteiger partial charge in [-0.25, -0.2) is 9.13 Å². The number of aromatic nitrogens is 2. The second-order valence-electron chi connectivity index (χ2n) is 4.96. The average Bonchev–Trinajstić information content (AvgIpc) is 3.02. The molecule has 19 heavy (non-hydrogen) atoms. The molecule has 0 atom stereocenters. The molecule has 1 aliphatic heterocycles. The topological polar surface area (TPSA) is 41.5 Å². The van der Waals surface area contributed by atoms with E-state index >= 15 is 0 Å². The van der Waals surface area contributed by atoms with E-state index in [9.17, 15) is 4.91 Å². The highest BCUT2D eigenvalue weighted by atomic mass is 16.3. The lowest BCUT2D eigenvalue weighted by molar-refractivity contribution is -0.671. The molecular weight excluding hydrogens is 240 g/mol. The fraction of sp³-hybridized carbons (Fsp3) is 0.357. The van der Waals surface area contributed by atoms with E-state index in [2.05, 4.69) is 27.2 Å². The summed E-state index contributed by atoms with van der Waals surface area (Å²) < 4.78 is 4.20. The first-order valence-electron chi connectivity index (χ1n) is 6.48. The molecule has 0 bridgehead atoms. The molecule has 3 rings (SSSR count). The first kappa shape index (κ1) is 11.9. The van der Waals surface area contributed by atoms with Gasteiger partial charge < -0.3 is 4.90 Å². The zero-order chi connectivity index (χ0) is 13.2.